The maximum absolute atomic E-state index is 11.0. The molecule has 1 aliphatic carbocycles. The van der Waals surface area contributed by atoms with E-state index < -0.39 is 10.7 Å². The van der Waals surface area contributed by atoms with Gasteiger partial charge in [0, 0.05) is 16.6 Å². The van der Waals surface area contributed by atoms with E-state index in [1.807, 2.05) is 13.8 Å². The van der Waals surface area contributed by atoms with Crippen molar-refractivity contribution in [3.8, 4) is 0 Å². The molecule has 0 aromatic rings. The van der Waals surface area contributed by atoms with Gasteiger partial charge in [-0.05, 0) is 11.6 Å². The van der Waals surface area contributed by atoms with E-state index in [4.69, 9.17) is 11.6 Å². The Bertz CT molecular complexity index is 303. The molecule has 70 valence electrons. The third-order valence-electron chi connectivity index (χ3n) is 2.29. The van der Waals surface area contributed by atoms with E-state index in [1.54, 1.807) is 12.2 Å². The van der Waals surface area contributed by atoms with Gasteiger partial charge in [0.2, 0.25) is 5.24 Å². The highest BCUT2D eigenvalue weighted by Crippen LogP contribution is 2.42. The summed E-state index contributed by atoms with van der Waals surface area (Å²) >= 11 is 5.39. The number of halogens is 1. The molecule has 0 spiro atoms. The molecular weight excluding hydrogens is 188 g/mol. The average Bonchev–Trinajstić information content (AvgIpc) is 2.24. The summed E-state index contributed by atoms with van der Waals surface area (Å²) in [5.41, 5.74) is 0.584. The van der Waals surface area contributed by atoms with Crippen molar-refractivity contribution >= 4 is 16.8 Å². The third kappa shape index (κ3) is 1.54. The van der Waals surface area contributed by atoms with Crippen LogP contribution in [0.2, 0.25) is 0 Å². The zero-order valence-corrected chi connectivity index (χ0v) is 8.35. The number of allylic oxidation sites excluding steroid dienone is 4. The van der Waals surface area contributed by atoms with Crippen LogP contribution in [0.4, 0.5) is 0 Å². The lowest BCUT2D eigenvalue weighted by molar-refractivity contribution is -0.109. The first-order chi connectivity index (χ1) is 5.87. The van der Waals surface area contributed by atoms with Gasteiger partial charge in [-0.15, -0.1) is 0 Å². The summed E-state index contributed by atoms with van der Waals surface area (Å²) < 4.78 is 0. The van der Waals surface area contributed by atoms with Crippen LogP contribution in [0.1, 0.15) is 13.8 Å². The SMILES string of the molecule is C=C(O)C1=CC=C(C(=O)Cl)C1(C)C. The van der Waals surface area contributed by atoms with Gasteiger partial charge in [-0.3, -0.25) is 4.79 Å². The van der Waals surface area contributed by atoms with Crippen molar-refractivity contribution in [2.45, 2.75) is 13.8 Å². The van der Waals surface area contributed by atoms with E-state index in [2.05, 4.69) is 6.58 Å². The average molecular weight is 199 g/mol. The molecule has 2 nitrogen and oxygen atoms in total. The lowest BCUT2D eigenvalue weighted by Crippen LogP contribution is -2.19. The van der Waals surface area contributed by atoms with Crippen LogP contribution in [0, 0.1) is 5.41 Å². The van der Waals surface area contributed by atoms with Crippen LogP contribution < -0.4 is 0 Å². The van der Waals surface area contributed by atoms with Crippen molar-refractivity contribution in [1.82, 2.24) is 0 Å². The largest absolute Gasteiger partial charge is 0.508 e. The second kappa shape index (κ2) is 3.04. The molecule has 13 heavy (non-hydrogen) atoms. The molecule has 1 rings (SSSR count). The molecule has 0 aromatic heterocycles. The van der Waals surface area contributed by atoms with Crippen LogP contribution in [0.25, 0.3) is 0 Å². The molecule has 0 unspecified atom stereocenters. The van der Waals surface area contributed by atoms with Crippen LogP contribution in [-0.4, -0.2) is 10.3 Å². The van der Waals surface area contributed by atoms with Gasteiger partial charge in [0.1, 0.15) is 5.76 Å². The highest BCUT2D eigenvalue weighted by molar-refractivity contribution is 6.68. The third-order valence-corrected chi connectivity index (χ3v) is 2.49. The number of carbonyl (C=O) groups is 1. The molecule has 0 saturated carbocycles. The number of aliphatic hydroxyl groups excluding tert-OH is 1. The highest BCUT2D eigenvalue weighted by atomic mass is 35.5. The topological polar surface area (TPSA) is 37.3 Å². The number of hydrogen-bond acceptors (Lipinski definition) is 2. The van der Waals surface area contributed by atoms with Crippen LogP contribution in [0.15, 0.2) is 35.6 Å². The van der Waals surface area contributed by atoms with Crippen molar-refractivity contribution in [2.75, 3.05) is 0 Å². The second-order valence-electron chi connectivity index (χ2n) is 3.51. The molecular formula is C10H11ClO2. The van der Waals surface area contributed by atoms with Gasteiger partial charge in [0.25, 0.3) is 0 Å². The molecule has 0 aliphatic heterocycles. The van der Waals surface area contributed by atoms with E-state index in [9.17, 15) is 9.90 Å². The van der Waals surface area contributed by atoms with Crippen molar-refractivity contribution < 1.29 is 9.90 Å². The summed E-state index contributed by atoms with van der Waals surface area (Å²) in [6.45, 7) is 7.06. The molecule has 1 N–H and O–H groups in total. The quantitative estimate of drug-likeness (QED) is 0.547. The Labute approximate surface area is 82.2 Å². The monoisotopic (exact) mass is 198 g/mol. The van der Waals surface area contributed by atoms with Crippen LogP contribution in [0.3, 0.4) is 0 Å². The number of carbonyl (C=O) groups excluding carboxylic acids is 1. The fraction of sp³-hybridized carbons (Fsp3) is 0.300. The Balaban J connectivity index is 3.07. The molecule has 0 fully saturated rings. The van der Waals surface area contributed by atoms with Crippen molar-refractivity contribution in [3.05, 3.63) is 35.6 Å². The smallest absolute Gasteiger partial charge is 0.249 e. The Kier molecular flexibility index (Phi) is 2.35. The molecule has 0 amide bonds. The summed E-state index contributed by atoms with van der Waals surface area (Å²) in [6.07, 6.45) is 3.28. The normalized spacial score (nSPS) is 19.3. The predicted molar refractivity (Wildman–Crippen MR) is 52.6 cm³/mol. The van der Waals surface area contributed by atoms with Gasteiger partial charge in [0.15, 0.2) is 0 Å². The lowest BCUT2D eigenvalue weighted by Gasteiger charge is -2.24. The molecule has 0 saturated heterocycles. The number of aliphatic hydroxyl groups is 1. The first kappa shape index (κ1) is 10.1. The maximum Gasteiger partial charge on any atom is 0.249 e. The van der Waals surface area contributed by atoms with Gasteiger partial charge in [0.05, 0.1) is 0 Å². The van der Waals surface area contributed by atoms with Gasteiger partial charge in [-0.1, -0.05) is 32.6 Å². The summed E-state index contributed by atoms with van der Waals surface area (Å²) in [5, 5.41) is 8.75. The lowest BCUT2D eigenvalue weighted by atomic mass is 9.80. The van der Waals surface area contributed by atoms with E-state index in [-0.39, 0.29) is 5.76 Å². The molecule has 0 bridgehead atoms. The molecule has 0 heterocycles. The Morgan fingerprint density at radius 1 is 1.46 bits per heavy atom. The van der Waals surface area contributed by atoms with Gasteiger partial charge in [-0.25, -0.2) is 0 Å². The van der Waals surface area contributed by atoms with Gasteiger partial charge in [-0.2, -0.15) is 0 Å². The second-order valence-corrected chi connectivity index (χ2v) is 3.85. The van der Waals surface area contributed by atoms with E-state index >= 15 is 0 Å². The fourth-order valence-electron chi connectivity index (χ4n) is 1.50. The van der Waals surface area contributed by atoms with Crippen molar-refractivity contribution in [3.63, 3.8) is 0 Å². The number of rotatable bonds is 2. The minimum absolute atomic E-state index is 0.0193. The number of hydrogen-bond donors (Lipinski definition) is 1. The van der Waals surface area contributed by atoms with Crippen LogP contribution >= 0.6 is 11.6 Å². The van der Waals surface area contributed by atoms with Gasteiger partial charge >= 0.3 is 0 Å². The summed E-state index contributed by atoms with van der Waals surface area (Å²) in [6, 6.07) is 0. The molecule has 0 atom stereocenters. The minimum atomic E-state index is -0.537. The first-order valence-corrected chi connectivity index (χ1v) is 4.26. The van der Waals surface area contributed by atoms with Crippen LogP contribution in [-0.2, 0) is 4.79 Å². The highest BCUT2D eigenvalue weighted by Gasteiger charge is 2.35. The minimum Gasteiger partial charge on any atom is -0.508 e. The van der Waals surface area contributed by atoms with E-state index in [0.29, 0.717) is 11.1 Å². The van der Waals surface area contributed by atoms with Crippen molar-refractivity contribution in [1.29, 1.82) is 0 Å². The first-order valence-electron chi connectivity index (χ1n) is 3.88. The van der Waals surface area contributed by atoms with E-state index in [1.165, 1.54) is 0 Å². The zero-order chi connectivity index (χ0) is 10.2. The van der Waals surface area contributed by atoms with Crippen LogP contribution in [0.5, 0.6) is 0 Å². The molecule has 3 heteroatoms. The molecule has 0 radical (unpaired) electrons. The Morgan fingerprint density at radius 3 is 2.15 bits per heavy atom. The van der Waals surface area contributed by atoms with Crippen molar-refractivity contribution in [2.24, 2.45) is 5.41 Å². The molecule has 1 aliphatic rings. The summed E-state index contributed by atoms with van der Waals surface area (Å²) in [7, 11) is 0. The van der Waals surface area contributed by atoms with Gasteiger partial charge < -0.3 is 5.11 Å². The summed E-state index contributed by atoms with van der Waals surface area (Å²) in [4.78, 5) is 11.0. The molecule has 0 aromatic carbocycles. The standard InChI is InChI=1S/C10H11ClO2/c1-6(12)7-4-5-8(9(11)13)10(7,2)3/h4-5,12H,1H2,2-3H3. The Hall–Kier alpha value is -1.02. The zero-order valence-electron chi connectivity index (χ0n) is 7.60. The predicted octanol–water partition coefficient (Wildman–Crippen LogP) is 2.72. The Morgan fingerprint density at radius 2 is 1.92 bits per heavy atom. The maximum atomic E-state index is 11.0. The fourth-order valence-corrected chi connectivity index (χ4v) is 1.80. The summed E-state index contributed by atoms with van der Waals surface area (Å²) in [5.74, 6) is -0.0193. The van der Waals surface area contributed by atoms with E-state index in [0.717, 1.165) is 0 Å².